The number of fused-ring (bicyclic) bond motifs is 1. The molecule has 0 fully saturated rings. The second-order valence-electron chi connectivity index (χ2n) is 7.70. The van der Waals surface area contributed by atoms with Gasteiger partial charge in [0.2, 0.25) is 5.95 Å². The maximum Gasteiger partial charge on any atom is 0.270 e. The lowest BCUT2D eigenvalue weighted by Crippen LogP contribution is -2.26. The molecule has 4 aromatic rings. The Morgan fingerprint density at radius 1 is 1.09 bits per heavy atom. The molecule has 0 saturated carbocycles. The number of benzene rings is 2. The van der Waals surface area contributed by atoms with Crippen molar-refractivity contribution in [2.75, 3.05) is 32.7 Å². The molecular formula is C25H26ClN5O4. The van der Waals surface area contributed by atoms with Crippen LogP contribution in [-0.2, 0) is 11.8 Å². The van der Waals surface area contributed by atoms with Crippen molar-refractivity contribution in [3.05, 3.63) is 65.4 Å². The Morgan fingerprint density at radius 2 is 1.89 bits per heavy atom. The standard InChI is InChI=1S/C25H26ClN5O4/c1-31-21-15-22(34-3)23(14-19(21)30-25(31)29-17-7-5-16(26)6-8-17)35-18-9-11-27-20(13-18)24(32)28-10-4-12-33-2/h5-9,11,13-15H,4,10,12H2,1-3H3,(H,28,32)(H,29,30). The van der Waals surface area contributed by atoms with Crippen LogP contribution >= 0.6 is 11.6 Å². The Morgan fingerprint density at radius 3 is 2.63 bits per heavy atom. The van der Waals surface area contributed by atoms with Crippen molar-refractivity contribution in [3.63, 3.8) is 0 Å². The SMILES string of the molecule is COCCCNC(=O)c1cc(Oc2cc3nc(Nc4ccc(Cl)cc4)n(C)c3cc2OC)ccn1. The van der Waals surface area contributed by atoms with Crippen LogP contribution in [0.5, 0.6) is 17.2 Å². The van der Waals surface area contributed by atoms with Crippen molar-refractivity contribution in [2.24, 2.45) is 7.05 Å². The molecule has 4 rings (SSSR count). The maximum atomic E-state index is 12.4. The van der Waals surface area contributed by atoms with Crippen LogP contribution in [0.15, 0.2) is 54.7 Å². The van der Waals surface area contributed by atoms with Gasteiger partial charge in [-0.2, -0.15) is 0 Å². The molecule has 0 aliphatic rings. The van der Waals surface area contributed by atoms with Crippen LogP contribution in [0.25, 0.3) is 11.0 Å². The molecule has 1 amide bonds. The van der Waals surface area contributed by atoms with Crippen molar-refractivity contribution >= 4 is 40.2 Å². The van der Waals surface area contributed by atoms with Gasteiger partial charge in [-0.1, -0.05) is 11.6 Å². The fraction of sp³-hybridized carbons (Fsp3) is 0.240. The number of nitrogens with one attached hydrogen (secondary N) is 2. The van der Waals surface area contributed by atoms with Crippen LogP contribution in [0.2, 0.25) is 5.02 Å². The molecule has 2 N–H and O–H groups in total. The molecule has 0 radical (unpaired) electrons. The van der Waals surface area contributed by atoms with Crippen LogP contribution in [0.1, 0.15) is 16.9 Å². The Balaban J connectivity index is 1.56. The van der Waals surface area contributed by atoms with Gasteiger partial charge in [-0.25, -0.2) is 4.98 Å². The van der Waals surface area contributed by atoms with E-state index in [1.54, 1.807) is 32.4 Å². The van der Waals surface area contributed by atoms with E-state index in [0.29, 0.717) is 53.3 Å². The Bertz CT molecular complexity index is 1320. The zero-order valence-electron chi connectivity index (χ0n) is 19.7. The summed E-state index contributed by atoms with van der Waals surface area (Å²) in [5.74, 6) is 1.82. The van der Waals surface area contributed by atoms with Crippen molar-refractivity contribution in [3.8, 4) is 17.2 Å². The number of pyridine rings is 1. The third-order valence-electron chi connectivity index (χ3n) is 5.27. The Kier molecular flexibility index (Phi) is 7.69. The summed E-state index contributed by atoms with van der Waals surface area (Å²) in [4.78, 5) is 21.2. The normalized spacial score (nSPS) is 10.9. The number of aromatic nitrogens is 3. The summed E-state index contributed by atoms with van der Waals surface area (Å²) in [7, 11) is 5.11. The van der Waals surface area contributed by atoms with Crippen molar-refractivity contribution in [1.82, 2.24) is 19.9 Å². The number of methoxy groups -OCH3 is 2. The third-order valence-corrected chi connectivity index (χ3v) is 5.52. The van der Waals surface area contributed by atoms with Crippen LogP contribution in [0.3, 0.4) is 0 Å². The maximum absolute atomic E-state index is 12.4. The van der Waals surface area contributed by atoms with Gasteiger partial charge >= 0.3 is 0 Å². The number of anilines is 2. The lowest BCUT2D eigenvalue weighted by Gasteiger charge is -2.12. The van der Waals surface area contributed by atoms with E-state index < -0.39 is 0 Å². The number of aryl methyl sites for hydroxylation is 1. The zero-order chi connectivity index (χ0) is 24.8. The van der Waals surface area contributed by atoms with E-state index in [4.69, 9.17) is 30.8 Å². The molecule has 0 saturated heterocycles. The molecule has 9 nitrogen and oxygen atoms in total. The average molecular weight is 496 g/mol. The number of amides is 1. The molecule has 0 bridgehead atoms. The first-order valence-corrected chi connectivity index (χ1v) is 11.3. The van der Waals surface area contributed by atoms with Gasteiger partial charge in [0, 0.05) is 62.4 Å². The average Bonchev–Trinajstić information content (AvgIpc) is 3.16. The lowest BCUT2D eigenvalue weighted by atomic mass is 10.2. The second-order valence-corrected chi connectivity index (χ2v) is 8.14. The largest absolute Gasteiger partial charge is 0.493 e. The number of halogens is 1. The molecule has 0 spiro atoms. The van der Waals surface area contributed by atoms with E-state index in [1.807, 2.05) is 41.9 Å². The molecule has 182 valence electrons. The summed E-state index contributed by atoms with van der Waals surface area (Å²) in [6, 6.07) is 14.3. The first-order chi connectivity index (χ1) is 17.0. The van der Waals surface area contributed by atoms with Crippen LogP contribution in [0, 0.1) is 0 Å². The highest BCUT2D eigenvalue weighted by Crippen LogP contribution is 2.36. The second kappa shape index (κ2) is 11.1. The first kappa shape index (κ1) is 24.3. The van der Waals surface area contributed by atoms with E-state index in [0.717, 1.165) is 11.2 Å². The fourth-order valence-electron chi connectivity index (χ4n) is 3.45. The van der Waals surface area contributed by atoms with E-state index >= 15 is 0 Å². The predicted octanol–water partition coefficient (Wildman–Crippen LogP) is 4.93. The summed E-state index contributed by atoms with van der Waals surface area (Å²) in [6.45, 7) is 1.07. The quantitative estimate of drug-likeness (QED) is 0.301. The van der Waals surface area contributed by atoms with Crippen molar-refractivity contribution in [1.29, 1.82) is 0 Å². The summed E-state index contributed by atoms with van der Waals surface area (Å²) in [5, 5.41) is 6.77. The molecule has 0 aliphatic carbocycles. The minimum atomic E-state index is -0.281. The van der Waals surface area contributed by atoms with Crippen molar-refractivity contribution in [2.45, 2.75) is 6.42 Å². The first-order valence-electron chi connectivity index (χ1n) is 11.0. The highest BCUT2D eigenvalue weighted by molar-refractivity contribution is 6.30. The predicted molar refractivity (Wildman–Crippen MR) is 135 cm³/mol. The van der Waals surface area contributed by atoms with E-state index in [-0.39, 0.29) is 11.6 Å². The molecule has 0 aliphatic heterocycles. The Labute approximate surface area is 208 Å². The summed E-state index contributed by atoms with van der Waals surface area (Å²) < 4.78 is 18.6. The monoisotopic (exact) mass is 495 g/mol. The highest BCUT2D eigenvalue weighted by atomic mass is 35.5. The molecular weight excluding hydrogens is 470 g/mol. The van der Waals surface area contributed by atoms with Gasteiger partial charge in [0.25, 0.3) is 5.91 Å². The number of hydrogen-bond acceptors (Lipinski definition) is 7. The molecule has 10 heteroatoms. The van der Waals surface area contributed by atoms with Gasteiger partial charge in [0.05, 0.1) is 18.1 Å². The fourth-order valence-corrected chi connectivity index (χ4v) is 3.57. The lowest BCUT2D eigenvalue weighted by molar-refractivity contribution is 0.0943. The number of rotatable bonds is 10. The van der Waals surface area contributed by atoms with Gasteiger partial charge in [-0.15, -0.1) is 0 Å². The van der Waals surface area contributed by atoms with Gasteiger partial charge in [0.1, 0.15) is 11.4 Å². The minimum Gasteiger partial charge on any atom is -0.493 e. The number of nitrogens with zero attached hydrogens (tertiary/aromatic N) is 3. The number of carbonyl (C=O) groups is 1. The molecule has 0 unspecified atom stereocenters. The minimum absolute atomic E-state index is 0.257. The van der Waals surface area contributed by atoms with Crippen LogP contribution < -0.4 is 20.1 Å². The smallest absolute Gasteiger partial charge is 0.270 e. The molecule has 2 heterocycles. The highest BCUT2D eigenvalue weighted by Gasteiger charge is 2.16. The van der Waals surface area contributed by atoms with E-state index in [2.05, 4.69) is 15.6 Å². The van der Waals surface area contributed by atoms with Crippen molar-refractivity contribution < 1.29 is 19.0 Å². The number of hydrogen-bond donors (Lipinski definition) is 2. The van der Waals surface area contributed by atoms with Crippen LogP contribution in [-0.4, -0.2) is 47.8 Å². The third kappa shape index (κ3) is 5.82. The van der Waals surface area contributed by atoms with E-state index in [1.165, 1.54) is 6.20 Å². The van der Waals surface area contributed by atoms with E-state index in [9.17, 15) is 4.79 Å². The molecule has 35 heavy (non-hydrogen) atoms. The molecule has 0 atom stereocenters. The van der Waals surface area contributed by atoms with Crippen LogP contribution in [0.4, 0.5) is 11.6 Å². The van der Waals surface area contributed by atoms with Gasteiger partial charge in [0.15, 0.2) is 11.5 Å². The van der Waals surface area contributed by atoms with Gasteiger partial charge in [-0.3, -0.25) is 9.78 Å². The number of carbonyl (C=O) groups excluding carboxylic acids is 1. The summed E-state index contributed by atoms with van der Waals surface area (Å²) in [5.41, 5.74) is 2.69. The number of imidazole rings is 1. The summed E-state index contributed by atoms with van der Waals surface area (Å²) in [6.07, 6.45) is 2.24. The molecule has 2 aromatic carbocycles. The van der Waals surface area contributed by atoms with Gasteiger partial charge in [-0.05, 0) is 36.8 Å². The molecule has 2 aromatic heterocycles. The Hall–Kier alpha value is -3.82. The zero-order valence-corrected chi connectivity index (χ0v) is 20.4. The summed E-state index contributed by atoms with van der Waals surface area (Å²) >= 11 is 5.98. The topological polar surface area (TPSA) is 99.5 Å². The number of ether oxygens (including phenoxy) is 3. The van der Waals surface area contributed by atoms with Gasteiger partial charge < -0.3 is 29.4 Å².